The fourth-order valence-corrected chi connectivity index (χ4v) is 3.16. The minimum absolute atomic E-state index is 0.0246. The van der Waals surface area contributed by atoms with Gasteiger partial charge in [0.1, 0.15) is 11.6 Å². The first-order valence-electron chi connectivity index (χ1n) is 8.64. The number of amides is 1. The van der Waals surface area contributed by atoms with Gasteiger partial charge in [-0.05, 0) is 43.9 Å². The van der Waals surface area contributed by atoms with Gasteiger partial charge in [0.05, 0.1) is 11.6 Å². The van der Waals surface area contributed by atoms with E-state index in [1.165, 1.54) is 29.2 Å². The lowest BCUT2D eigenvalue weighted by atomic mass is 9.95. The van der Waals surface area contributed by atoms with Crippen LogP contribution in [-0.2, 0) is 9.59 Å². The monoisotopic (exact) mass is 368 g/mol. The summed E-state index contributed by atoms with van der Waals surface area (Å²) in [7, 11) is 3.76. The van der Waals surface area contributed by atoms with E-state index in [2.05, 4.69) is 0 Å². The molecule has 0 aliphatic carbocycles. The summed E-state index contributed by atoms with van der Waals surface area (Å²) in [6.45, 7) is 0.921. The summed E-state index contributed by atoms with van der Waals surface area (Å²) in [4.78, 5) is 28.8. The number of hydrogen-bond donors (Lipinski definition) is 1. The Morgan fingerprint density at radius 1 is 1.07 bits per heavy atom. The van der Waals surface area contributed by atoms with E-state index in [9.17, 15) is 19.1 Å². The highest BCUT2D eigenvalue weighted by Gasteiger charge is 2.45. The molecule has 1 atom stereocenters. The number of benzene rings is 2. The van der Waals surface area contributed by atoms with E-state index >= 15 is 0 Å². The van der Waals surface area contributed by atoms with Crippen LogP contribution >= 0.6 is 0 Å². The maximum Gasteiger partial charge on any atom is 0.295 e. The van der Waals surface area contributed by atoms with Crippen LogP contribution in [0.4, 0.5) is 4.39 Å². The number of aliphatic hydroxyl groups excluding tert-OH is 1. The number of rotatable bonds is 5. The number of nitrogens with zero attached hydrogens (tertiary/aromatic N) is 2. The van der Waals surface area contributed by atoms with Crippen molar-refractivity contribution in [2.45, 2.75) is 6.04 Å². The van der Waals surface area contributed by atoms with Gasteiger partial charge < -0.3 is 14.9 Å². The molecule has 5 nitrogen and oxygen atoms in total. The zero-order chi connectivity index (χ0) is 19.6. The van der Waals surface area contributed by atoms with Crippen LogP contribution < -0.4 is 0 Å². The molecule has 0 radical (unpaired) electrons. The van der Waals surface area contributed by atoms with Crippen molar-refractivity contribution in [2.24, 2.45) is 0 Å². The molecule has 0 unspecified atom stereocenters. The molecule has 3 rings (SSSR count). The Kier molecular flexibility index (Phi) is 5.37. The number of ketones is 1. The maximum absolute atomic E-state index is 13.2. The zero-order valence-corrected chi connectivity index (χ0v) is 15.2. The molecule has 1 N–H and O–H groups in total. The molecule has 0 aromatic heterocycles. The van der Waals surface area contributed by atoms with Crippen LogP contribution in [0.5, 0.6) is 0 Å². The van der Waals surface area contributed by atoms with Gasteiger partial charge in [0, 0.05) is 18.7 Å². The Morgan fingerprint density at radius 2 is 1.70 bits per heavy atom. The van der Waals surface area contributed by atoms with Crippen molar-refractivity contribution >= 4 is 17.4 Å². The van der Waals surface area contributed by atoms with E-state index in [-0.39, 0.29) is 11.3 Å². The summed E-state index contributed by atoms with van der Waals surface area (Å²) < 4.78 is 13.2. The molecule has 27 heavy (non-hydrogen) atoms. The van der Waals surface area contributed by atoms with Gasteiger partial charge in [-0.2, -0.15) is 0 Å². The first kappa shape index (κ1) is 18.8. The van der Waals surface area contributed by atoms with Gasteiger partial charge in [0.25, 0.3) is 11.7 Å². The van der Waals surface area contributed by atoms with Gasteiger partial charge in [0.2, 0.25) is 0 Å². The number of aliphatic hydroxyl groups is 1. The second-order valence-corrected chi connectivity index (χ2v) is 6.71. The van der Waals surface area contributed by atoms with Gasteiger partial charge in [-0.15, -0.1) is 0 Å². The van der Waals surface area contributed by atoms with Crippen LogP contribution in [0.1, 0.15) is 17.2 Å². The Labute approximate surface area is 157 Å². The number of halogens is 1. The average molecular weight is 368 g/mol. The fourth-order valence-electron chi connectivity index (χ4n) is 3.16. The minimum atomic E-state index is -0.732. The molecular formula is C21H21FN2O3. The van der Waals surface area contributed by atoms with Gasteiger partial charge in [-0.3, -0.25) is 9.59 Å². The SMILES string of the molecule is CN(C)CCN1C(=O)C(=O)/C(=C(/O)c2ccc(F)cc2)[C@@H]1c1ccccc1. The Bertz CT molecular complexity index is 876. The quantitative estimate of drug-likeness (QED) is 0.501. The number of hydrogen-bond acceptors (Lipinski definition) is 4. The number of likely N-dealkylation sites (N-methyl/N-ethyl adjacent to an activating group) is 1. The summed E-state index contributed by atoms with van der Waals surface area (Å²) >= 11 is 0. The normalized spacial score (nSPS) is 19.1. The van der Waals surface area contributed by atoms with E-state index in [1.54, 1.807) is 0 Å². The number of likely N-dealkylation sites (tertiary alicyclic amines) is 1. The third-order valence-corrected chi connectivity index (χ3v) is 4.56. The van der Waals surface area contributed by atoms with Crippen LogP contribution in [0.3, 0.4) is 0 Å². The van der Waals surface area contributed by atoms with E-state index in [0.29, 0.717) is 18.7 Å². The average Bonchev–Trinajstić information content (AvgIpc) is 2.91. The molecule has 1 aliphatic heterocycles. The number of carbonyl (C=O) groups excluding carboxylic acids is 2. The van der Waals surface area contributed by atoms with Crippen molar-refractivity contribution in [3.05, 3.63) is 77.1 Å². The van der Waals surface area contributed by atoms with Gasteiger partial charge in [0.15, 0.2) is 0 Å². The molecule has 140 valence electrons. The third kappa shape index (κ3) is 3.75. The second kappa shape index (κ2) is 7.72. The molecule has 1 heterocycles. The maximum atomic E-state index is 13.2. The van der Waals surface area contributed by atoms with Crippen molar-refractivity contribution < 1.29 is 19.1 Å². The van der Waals surface area contributed by atoms with Crippen molar-refractivity contribution in [1.29, 1.82) is 0 Å². The van der Waals surface area contributed by atoms with Gasteiger partial charge >= 0.3 is 0 Å². The molecule has 1 aliphatic rings. The molecule has 0 bridgehead atoms. The Balaban J connectivity index is 2.12. The largest absolute Gasteiger partial charge is 0.507 e. The van der Waals surface area contributed by atoms with Crippen LogP contribution in [0, 0.1) is 5.82 Å². The Hall–Kier alpha value is -2.99. The molecule has 0 saturated carbocycles. The van der Waals surface area contributed by atoms with Crippen LogP contribution in [0.25, 0.3) is 5.76 Å². The van der Waals surface area contributed by atoms with Gasteiger partial charge in [-0.1, -0.05) is 30.3 Å². The predicted octanol–water partition coefficient (Wildman–Crippen LogP) is 2.81. The summed E-state index contributed by atoms with van der Waals surface area (Å²) in [5.41, 5.74) is 1.05. The molecule has 1 amide bonds. The molecule has 6 heteroatoms. The first-order valence-corrected chi connectivity index (χ1v) is 8.64. The van der Waals surface area contributed by atoms with Crippen molar-refractivity contribution in [3.8, 4) is 0 Å². The van der Waals surface area contributed by atoms with Gasteiger partial charge in [-0.25, -0.2) is 4.39 Å². The summed E-state index contributed by atoms with van der Waals surface area (Å²) in [5, 5.41) is 10.8. The summed E-state index contributed by atoms with van der Waals surface area (Å²) in [6, 6.07) is 13.6. The second-order valence-electron chi connectivity index (χ2n) is 6.71. The topological polar surface area (TPSA) is 60.9 Å². The highest BCUT2D eigenvalue weighted by molar-refractivity contribution is 6.46. The lowest BCUT2D eigenvalue weighted by Gasteiger charge is -2.26. The lowest BCUT2D eigenvalue weighted by molar-refractivity contribution is -0.140. The van der Waals surface area contributed by atoms with E-state index < -0.39 is 23.5 Å². The highest BCUT2D eigenvalue weighted by Crippen LogP contribution is 2.39. The van der Waals surface area contributed by atoms with Crippen molar-refractivity contribution in [1.82, 2.24) is 9.80 Å². The van der Waals surface area contributed by atoms with Crippen molar-refractivity contribution in [3.63, 3.8) is 0 Å². The molecule has 1 fully saturated rings. The molecule has 2 aromatic rings. The molecule has 0 spiro atoms. The standard InChI is InChI=1S/C21H21FN2O3/c1-23(2)12-13-24-18(14-6-4-3-5-7-14)17(20(26)21(24)27)19(25)15-8-10-16(22)11-9-15/h3-11,18,25H,12-13H2,1-2H3/b19-17+/t18-/m0/s1. The van der Waals surface area contributed by atoms with Crippen LogP contribution in [-0.4, -0.2) is 53.8 Å². The van der Waals surface area contributed by atoms with E-state index in [4.69, 9.17) is 0 Å². The van der Waals surface area contributed by atoms with Crippen LogP contribution in [0.2, 0.25) is 0 Å². The molecule has 2 aromatic carbocycles. The summed E-state index contributed by atoms with van der Waals surface area (Å²) in [6.07, 6.45) is 0. The van der Waals surface area contributed by atoms with Crippen LogP contribution in [0.15, 0.2) is 60.2 Å². The minimum Gasteiger partial charge on any atom is -0.507 e. The first-order chi connectivity index (χ1) is 12.9. The lowest BCUT2D eigenvalue weighted by Crippen LogP contribution is -2.35. The number of Topliss-reactive ketones (excluding diaryl/α,β-unsaturated/α-hetero) is 1. The fraction of sp³-hybridized carbons (Fsp3) is 0.238. The Morgan fingerprint density at radius 3 is 2.30 bits per heavy atom. The zero-order valence-electron chi connectivity index (χ0n) is 15.2. The highest BCUT2D eigenvalue weighted by atomic mass is 19.1. The summed E-state index contributed by atoms with van der Waals surface area (Å²) in [5.74, 6) is -2.12. The molecular weight excluding hydrogens is 347 g/mol. The third-order valence-electron chi connectivity index (χ3n) is 4.56. The smallest absolute Gasteiger partial charge is 0.295 e. The van der Waals surface area contributed by atoms with E-state index in [1.807, 2.05) is 49.3 Å². The van der Waals surface area contributed by atoms with E-state index in [0.717, 1.165) is 5.56 Å². The van der Waals surface area contributed by atoms with Crippen molar-refractivity contribution in [2.75, 3.05) is 27.2 Å². The predicted molar refractivity (Wildman–Crippen MR) is 100 cm³/mol. The number of carbonyl (C=O) groups is 2. The molecule has 1 saturated heterocycles.